The van der Waals surface area contributed by atoms with Crippen LogP contribution in [0.5, 0.6) is 0 Å². The molecular weight excluding hydrogens is 354 g/mol. The number of H-pyrrole nitrogens is 1. The number of nitriles is 1. The van der Waals surface area contributed by atoms with E-state index in [1.54, 1.807) is 12.4 Å². The van der Waals surface area contributed by atoms with Gasteiger partial charge in [-0.15, -0.1) is 0 Å². The Morgan fingerprint density at radius 2 is 2.22 bits per heavy atom. The Bertz CT molecular complexity index is 1120. The van der Waals surface area contributed by atoms with Crippen LogP contribution in [0.4, 0.5) is 8.78 Å². The molecule has 0 amide bonds. The highest BCUT2D eigenvalue weighted by Gasteiger charge is 2.40. The third-order valence-corrected chi connectivity index (χ3v) is 5.02. The molecular formula is C18H18F2N6O. The fraction of sp³-hybridized carbons (Fsp3) is 0.444. The lowest BCUT2D eigenvalue weighted by Crippen LogP contribution is -2.22. The molecule has 0 spiro atoms. The van der Waals surface area contributed by atoms with Crippen LogP contribution in [0.15, 0.2) is 23.4 Å². The number of nitrogens with one attached hydrogen (secondary N) is 1. The third kappa shape index (κ3) is 2.81. The topological polar surface area (TPSA) is 91.8 Å². The molecule has 0 saturated heterocycles. The van der Waals surface area contributed by atoms with Crippen LogP contribution in [0, 0.1) is 11.3 Å². The molecule has 3 aromatic rings. The quantitative estimate of drug-likeness (QED) is 0.764. The lowest BCUT2D eigenvalue weighted by molar-refractivity contribution is 0.00518. The molecule has 1 N–H and O–H groups in total. The van der Waals surface area contributed by atoms with Crippen LogP contribution in [0.1, 0.15) is 56.2 Å². The monoisotopic (exact) mass is 372 g/mol. The van der Waals surface area contributed by atoms with Crippen LogP contribution in [-0.2, 0) is 0 Å². The molecule has 1 saturated carbocycles. The van der Waals surface area contributed by atoms with Crippen molar-refractivity contribution in [1.29, 1.82) is 5.26 Å². The predicted molar refractivity (Wildman–Crippen MR) is 93.7 cm³/mol. The second kappa shape index (κ2) is 6.01. The lowest BCUT2D eigenvalue weighted by Gasteiger charge is -2.12. The average Bonchev–Trinajstić information content (AvgIpc) is 3.31. The van der Waals surface area contributed by atoms with Gasteiger partial charge in [-0.2, -0.15) is 10.4 Å². The average molecular weight is 372 g/mol. The molecule has 140 valence electrons. The van der Waals surface area contributed by atoms with Gasteiger partial charge in [-0.25, -0.2) is 18.3 Å². The molecule has 1 aliphatic rings. The van der Waals surface area contributed by atoms with Crippen molar-refractivity contribution in [2.75, 3.05) is 0 Å². The third-order valence-electron chi connectivity index (χ3n) is 5.02. The Morgan fingerprint density at radius 3 is 2.85 bits per heavy atom. The summed E-state index contributed by atoms with van der Waals surface area (Å²) in [6.45, 7) is 3.76. The number of nitrogens with zero attached hydrogens (tertiary/aromatic N) is 5. The number of alkyl halides is 2. The zero-order valence-electron chi connectivity index (χ0n) is 14.9. The van der Waals surface area contributed by atoms with E-state index in [0.717, 1.165) is 0 Å². The number of aromatic nitrogens is 5. The van der Waals surface area contributed by atoms with Gasteiger partial charge in [-0.3, -0.25) is 14.6 Å². The first-order valence-electron chi connectivity index (χ1n) is 8.77. The van der Waals surface area contributed by atoms with Crippen molar-refractivity contribution in [1.82, 2.24) is 24.4 Å². The Kier molecular flexibility index (Phi) is 3.87. The number of hydrogen-bond donors (Lipinski definition) is 1. The second-order valence-corrected chi connectivity index (χ2v) is 7.25. The summed E-state index contributed by atoms with van der Waals surface area (Å²) in [4.78, 5) is 17.4. The van der Waals surface area contributed by atoms with Gasteiger partial charge in [0.2, 0.25) is 5.92 Å². The highest BCUT2D eigenvalue weighted by atomic mass is 19.3. The van der Waals surface area contributed by atoms with Crippen LogP contribution in [-0.4, -0.2) is 30.3 Å². The Morgan fingerprint density at radius 1 is 1.44 bits per heavy atom. The van der Waals surface area contributed by atoms with Gasteiger partial charge in [0.15, 0.2) is 5.65 Å². The molecule has 27 heavy (non-hydrogen) atoms. The number of hydrogen-bond acceptors (Lipinski definition) is 4. The lowest BCUT2D eigenvalue weighted by atomic mass is 10.00. The van der Waals surface area contributed by atoms with E-state index in [1.807, 2.05) is 19.9 Å². The molecule has 0 aromatic carbocycles. The maximum absolute atomic E-state index is 13.5. The summed E-state index contributed by atoms with van der Waals surface area (Å²) in [5, 5.41) is 16.2. The minimum absolute atomic E-state index is 0.120. The van der Waals surface area contributed by atoms with Gasteiger partial charge in [0.1, 0.15) is 11.6 Å². The van der Waals surface area contributed by atoms with E-state index in [1.165, 1.54) is 15.4 Å². The summed E-state index contributed by atoms with van der Waals surface area (Å²) >= 11 is 0. The Balaban J connectivity index is 1.85. The highest BCUT2D eigenvalue weighted by Crippen LogP contribution is 2.41. The summed E-state index contributed by atoms with van der Waals surface area (Å²) < 4.78 is 29.8. The van der Waals surface area contributed by atoms with Crippen molar-refractivity contribution in [2.24, 2.45) is 0 Å². The minimum Gasteiger partial charge on any atom is -0.295 e. The molecule has 0 bridgehead atoms. The largest absolute Gasteiger partial charge is 0.295 e. The maximum atomic E-state index is 13.5. The Hall–Kier alpha value is -3.02. The zero-order chi connectivity index (χ0) is 19.3. The van der Waals surface area contributed by atoms with Gasteiger partial charge in [0.25, 0.3) is 5.56 Å². The van der Waals surface area contributed by atoms with Crippen molar-refractivity contribution >= 4 is 5.65 Å². The van der Waals surface area contributed by atoms with Crippen molar-refractivity contribution < 1.29 is 8.78 Å². The normalized spacial score (nSPS) is 19.0. The summed E-state index contributed by atoms with van der Waals surface area (Å²) in [6, 6.07) is 1.63. The number of fused-ring (bicyclic) bond motifs is 1. The van der Waals surface area contributed by atoms with Crippen molar-refractivity contribution in [3.05, 3.63) is 40.1 Å². The SMILES string of the molecule is CC(C)c1c(-c2cnn(C3CCC(F)(F)C3)c2)nc2c(C#N)c[nH]n2c1=O. The number of aromatic amines is 1. The molecule has 7 nitrogen and oxygen atoms in total. The van der Waals surface area contributed by atoms with Crippen LogP contribution >= 0.6 is 0 Å². The van der Waals surface area contributed by atoms with Gasteiger partial charge in [-0.1, -0.05) is 13.8 Å². The van der Waals surface area contributed by atoms with E-state index >= 15 is 0 Å². The fourth-order valence-corrected chi connectivity index (χ4v) is 3.66. The molecule has 9 heteroatoms. The van der Waals surface area contributed by atoms with Crippen molar-refractivity contribution in [3.8, 4) is 17.3 Å². The second-order valence-electron chi connectivity index (χ2n) is 7.25. The standard InChI is InChI=1S/C18H18F2N6O/c1-10(2)14-15(24-16-11(6-21)7-23-26(16)17(14)27)12-8-22-25(9-12)13-3-4-18(19,20)5-13/h7-10,13,23H,3-5H2,1-2H3. The van der Waals surface area contributed by atoms with E-state index < -0.39 is 5.92 Å². The zero-order valence-corrected chi connectivity index (χ0v) is 14.9. The van der Waals surface area contributed by atoms with E-state index in [0.29, 0.717) is 23.2 Å². The summed E-state index contributed by atoms with van der Waals surface area (Å²) in [5.74, 6) is -2.78. The van der Waals surface area contributed by atoms with E-state index in [2.05, 4.69) is 15.2 Å². The predicted octanol–water partition coefficient (Wildman–Crippen LogP) is 3.24. The molecule has 1 atom stereocenters. The fourth-order valence-electron chi connectivity index (χ4n) is 3.66. The molecule has 3 aromatic heterocycles. The molecule has 1 unspecified atom stereocenters. The van der Waals surface area contributed by atoms with Crippen LogP contribution < -0.4 is 5.56 Å². The van der Waals surface area contributed by atoms with Crippen molar-refractivity contribution in [2.45, 2.75) is 51.0 Å². The first kappa shape index (κ1) is 17.4. The summed E-state index contributed by atoms with van der Waals surface area (Å²) in [5.41, 5.74) is 1.70. The maximum Gasteiger partial charge on any atom is 0.276 e. The summed E-state index contributed by atoms with van der Waals surface area (Å²) in [6.07, 6.45) is 4.60. The van der Waals surface area contributed by atoms with Gasteiger partial charge >= 0.3 is 0 Å². The first-order valence-corrected chi connectivity index (χ1v) is 8.77. The van der Waals surface area contributed by atoms with Gasteiger partial charge in [0, 0.05) is 36.4 Å². The molecule has 1 fully saturated rings. The van der Waals surface area contributed by atoms with Gasteiger partial charge < -0.3 is 0 Å². The highest BCUT2D eigenvalue weighted by molar-refractivity contribution is 5.67. The molecule has 1 aliphatic carbocycles. The first-order chi connectivity index (χ1) is 12.8. The van der Waals surface area contributed by atoms with Gasteiger partial charge in [-0.05, 0) is 12.3 Å². The molecule has 4 rings (SSSR count). The molecule has 3 heterocycles. The number of halogens is 2. The van der Waals surface area contributed by atoms with E-state index in [4.69, 9.17) is 0 Å². The minimum atomic E-state index is -2.66. The number of rotatable bonds is 3. The van der Waals surface area contributed by atoms with Crippen LogP contribution in [0.3, 0.4) is 0 Å². The van der Waals surface area contributed by atoms with E-state index in [9.17, 15) is 18.8 Å². The van der Waals surface area contributed by atoms with Crippen molar-refractivity contribution in [3.63, 3.8) is 0 Å². The van der Waals surface area contributed by atoms with Gasteiger partial charge in [0.05, 0.1) is 17.9 Å². The van der Waals surface area contributed by atoms with E-state index in [-0.39, 0.29) is 41.6 Å². The van der Waals surface area contributed by atoms with Crippen LogP contribution in [0.25, 0.3) is 16.9 Å². The summed E-state index contributed by atoms with van der Waals surface area (Å²) in [7, 11) is 0. The molecule has 0 aliphatic heterocycles. The van der Waals surface area contributed by atoms with Crippen LogP contribution in [0.2, 0.25) is 0 Å². The Labute approximate surface area is 153 Å². The molecule has 0 radical (unpaired) electrons. The smallest absolute Gasteiger partial charge is 0.276 e.